The van der Waals surface area contributed by atoms with Crippen LogP contribution in [0, 0.1) is 19.7 Å². The van der Waals surface area contributed by atoms with Crippen molar-refractivity contribution in [3.05, 3.63) is 58.7 Å². The molecule has 2 aromatic rings. The zero-order chi connectivity index (χ0) is 18.3. The van der Waals surface area contributed by atoms with Crippen molar-refractivity contribution in [2.45, 2.75) is 13.8 Å². The first-order valence-corrected chi connectivity index (χ1v) is 8.00. The van der Waals surface area contributed by atoms with E-state index in [0.717, 1.165) is 11.4 Å². The molecule has 0 spiro atoms. The molecule has 0 bridgehead atoms. The van der Waals surface area contributed by atoms with E-state index in [-0.39, 0.29) is 16.5 Å². The molecule has 25 heavy (non-hydrogen) atoms. The highest BCUT2D eigenvalue weighted by atomic mass is 32.1. The first-order chi connectivity index (χ1) is 11.8. The average molecular weight is 357 g/mol. The normalized spacial score (nSPS) is 16.6. The highest BCUT2D eigenvalue weighted by molar-refractivity contribution is 7.80. The molecule has 1 aliphatic heterocycles. The van der Waals surface area contributed by atoms with E-state index in [9.17, 15) is 14.0 Å². The van der Waals surface area contributed by atoms with Crippen LogP contribution in [0.15, 0.2) is 35.9 Å². The smallest absolute Gasteiger partial charge is 0.265 e. The number of carbonyl (C=O) groups is 2. The van der Waals surface area contributed by atoms with Crippen LogP contribution in [0.3, 0.4) is 0 Å². The van der Waals surface area contributed by atoms with Gasteiger partial charge >= 0.3 is 0 Å². The standard InChI is InChI=1S/C18H16FN3O2S/c1-10-7-12(8-15-16(23)20-18(25)21(3)17(15)24)11(2)22(10)14-6-4-5-13(19)9-14/h4-9H,1-3H3,(H,20,23,25)/b15-8+. The topological polar surface area (TPSA) is 54.3 Å². The van der Waals surface area contributed by atoms with Crippen LogP contribution >= 0.6 is 12.2 Å². The predicted molar refractivity (Wildman–Crippen MR) is 96.7 cm³/mol. The van der Waals surface area contributed by atoms with Crippen LogP contribution in [0.25, 0.3) is 11.8 Å². The molecule has 1 aromatic carbocycles. The number of amides is 2. The molecular formula is C18H16FN3O2S. The minimum absolute atomic E-state index is 0.00981. The quantitative estimate of drug-likeness (QED) is 0.510. The van der Waals surface area contributed by atoms with Gasteiger partial charge in [0, 0.05) is 24.1 Å². The van der Waals surface area contributed by atoms with E-state index >= 15 is 0 Å². The number of likely N-dealkylation sites (N-methyl/N-ethyl adjacent to an activating group) is 1. The van der Waals surface area contributed by atoms with E-state index in [1.54, 1.807) is 12.1 Å². The molecule has 1 N–H and O–H groups in total. The Labute approximate surface area is 149 Å². The third kappa shape index (κ3) is 2.98. The van der Waals surface area contributed by atoms with Crippen LogP contribution in [0.2, 0.25) is 0 Å². The van der Waals surface area contributed by atoms with E-state index < -0.39 is 11.8 Å². The Hall–Kier alpha value is -2.80. The second-order valence-electron chi connectivity index (χ2n) is 5.82. The van der Waals surface area contributed by atoms with Gasteiger partial charge in [0.05, 0.1) is 0 Å². The number of aromatic nitrogens is 1. The Balaban J connectivity index is 2.08. The number of hydrogen-bond acceptors (Lipinski definition) is 3. The summed E-state index contributed by atoms with van der Waals surface area (Å²) in [5.74, 6) is -1.31. The fraction of sp³-hybridized carbons (Fsp3) is 0.167. The monoisotopic (exact) mass is 357 g/mol. The molecule has 3 rings (SSSR count). The Morgan fingerprint density at radius 1 is 1.20 bits per heavy atom. The fourth-order valence-electron chi connectivity index (χ4n) is 2.85. The molecule has 5 nitrogen and oxygen atoms in total. The lowest BCUT2D eigenvalue weighted by molar-refractivity contribution is -0.128. The van der Waals surface area contributed by atoms with Gasteiger partial charge in [-0.05, 0) is 62.0 Å². The maximum absolute atomic E-state index is 13.5. The second kappa shape index (κ2) is 6.25. The molecule has 7 heteroatoms. The summed E-state index contributed by atoms with van der Waals surface area (Å²) >= 11 is 4.93. The van der Waals surface area contributed by atoms with Crippen molar-refractivity contribution in [3.63, 3.8) is 0 Å². The number of aryl methyl sites for hydroxylation is 1. The number of thiocarbonyl (C=S) groups is 1. The summed E-state index contributed by atoms with van der Waals surface area (Å²) in [7, 11) is 1.51. The second-order valence-corrected chi connectivity index (χ2v) is 6.21. The molecule has 0 radical (unpaired) electrons. The summed E-state index contributed by atoms with van der Waals surface area (Å²) in [6.07, 6.45) is 1.54. The molecule has 1 aromatic heterocycles. The molecule has 2 amide bonds. The number of rotatable bonds is 2. The summed E-state index contributed by atoms with van der Waals surface area (Å²) in [5, 5.41) is 2.56. The van der Waals surface area contributed by atoms with Gasteiger partial charge in [-0.15, -0.1) is 0 Å². The molecule has 0 unspecified atom stereocenters. The summed E-state index contributed by atoms with van der Waals surface area (Å²) in [4.78, 5) is 25.6. The lowest BCUT2D eigenvalue weighted by atomic mass is 10.1. The van der Waals surface area contributed by atoms with Crippen LogP contribution in [-0.2, 0) is 9.59 Å². The first kappa shape index (κ1) is 17.0. The summed E-state index contributed by atoms with van der Waals surface area (Å²) in [5.41, 5.74) is 3.06. The summed E-state index contributed by atoms with van der Waals surface area (Å²) < 4.78 is 15.4. The van der Waals surface area contributed by atoms with Gasteiger partial charge in [-0.1, -0.05) is 6.07 Å². The maximum Gasteiger partial charge on any atom is 0.265 e. The van der Waals surface area contributed by atoms with Crippen LogP contribution in [0.5, 0.6) is 0 Å². The first-order valence-electron chi connectivity index (χ1n) is 7.59. The van der Waals surface area contributed by atoms with Gasteiger partial charge in [0.1, 0.15) is 11.4 Å². The van der Waals surface area contributed by atoms with Crippen molar-refractivity contribution in [1.29, 1.82) is 0 Å². The van der Waals surface area contributed by atoms with Crippen molar-refractivity contribution in [1.82, 2.24) is 14.8 Å². The molecule has 1 saturated heterocycles. The summed E-state index contributed by atoms with van der Waals surface area (Å²) in [6.45, 7) is 3.73. The van der Waals surface area contributed by atoms with Crippen molar-refractivity contribution < 1.29 is 14.0 Å². The zero-order valence-corrected chi connectivity index (χ0v) is 14.8. The lowest BCUT2D eigenvalue weighted by Gasteiger charge is -2.25. The molecule has 0 atom stereocenters. The van der Waals surface area contributed by atoms with Gasteiger partial charge in [-0.25, -0.2) is 4.39 Å². The van der Waals surface area contributed by atoms with Gasteiger partial charge in [0.25, 0.3) is 11.8 Å². The SMILES string of the molecule is Cc1cc(/C=C2\C(=O)NC(=S)N(C)C2=O)c(C)n1-c1cccc(F)c1. The highest BCUT2D eigenvalue weighted by Crippen LogP contribution is 2.24. The maximum atomic E-state index is 13.5. The Bertz CT molecular complexity index is 946. The Morgan fingerprint density at radius 3 is 2.60 bits per heavy atom. The lowest BCUT2D eigenvalue weighted by Crippen LogP contribution is -2.52. The van der Waals surface area contributed by atoms with Gasteiger partial charge in [0.15, 0.2) is 5.11 Å². The van der Waals surface area contributed by atoms with Crippen molar-refractivity contribution >= 4 is 35.2 Å². The number of hydrogen-bond donors (Lipinski definition) is 1. The molecular weight excluding hydrogens is 341 g/mol. The van der Waals surface area contributed by atoms with Crippen LogP contribution < -0.4 is 5.32 Å². The van der Waals surface area contributed by atoms with Crippen molar-refractivity contribution in [2.24, 2.45) is 0 Å². The van der Waals surface area contributed by atoms with E-state index in [2.05, 4.69) is 5.32 Å². The van der Waals surface area contributed by atoms with Crippen molar-refractivity contribution in [2.75, 3.05) is 7.05 Å². The number of nitrogens with one attached hydrogen (secondary N) is 1. The van der Waals surface area contributed by atoms with Gasteiger partial charge < -0.3 is 4.57 Å². The van der Waals surface area contributed by atoms with E-state index in [4.69, 9.17) is 12.2 Å². The van der Waals surface area contributed by atoms with E-state index in [1.807, 2.05) is 24.5 Å². The molecule has 1 aliphatic rings. The molecule has 0 aliphatic carbocycles. The Morgan fingerprint density at radius 2 is 1.92 bits per heavy atom. The molecule has 128 valence electrons. The van der Waals surface area contributed by atoms with Crippen LogP contribution in [-0.4, -0.2) is 33.4 Å². The van der Waals surface area contributed by atoms with Crippen LogP contribution in [0.1, 0.15) is 17.0 Å². The van der Waals surface area contributed by atoms with E-state index in [1.165, 1.54) is 30.2 Å². The number of carbonyl (C=O) groups excluding carboxylic acids is 2. The average Bonchev–Trinajstić information content (AvgIpc) is 2.83. The van der Waals surface area contributed by atoms with Crippen molar-refractivity contribution in [3.8, 4) is 5.69 Å². The molecule has 1 fully saturated rings. The number of benzene rings is 1. The number of halogens is 1. The Kier molecular flexibility index (Phi) is 4.26. The molecule has 0 saturated carbocycles. The largest absolute Gasteiger partial charge is 0.318 e. The third-order valence-electron chi connectivity index (χ3n) is 4.14. The molecule has 2 heterocycles. The van der Waals surface area contributed by atoms with Gasteiger partial charge in [-0.2, -0.15) is 0 Å². The van der Waals surface area contributed by atoms with Gasteiger partial charge in [0.2, 0.25) is 0 Å². The predicted octanol–water partition coefficient (Wildman–Crippen LogP) is 2.49. The van der Waals surface area contributed by atoms with E-state index in [0.29, 0.717) is 11.3 Å². The van der Waals surface area contributed by atoms with Crippen LogP contribution in [0.4, 0.5) is 4.39 Å². The zero-order valence-electron chi connectivity index (χ0n) is 14.0. The third-order valence-corrected chi connectivity index (χ3v) is 4.52. The number of nitrogens with zero attached hydrogens (tertiary/aromatic N) is 2. The highest BCUT2D eigenvalue weighted by Gasteiger charge is 2.31. The summed E-state index contributed by atoms with van der Waals surface area (Å²) in [6, 6.07) is 8.09. The minimum atomic E-state index is -0.524. The fourth-order valence-corrected chi connectivity index (χ4v) is 3.02. The minimum Gasteiger partial charge on any atom is -0.318 e. The van der Waals surface area contributed by atoms with Gasteiger partial charge in [-0.3, -0.25) is 19.8 Å².